The lowest BCUT2D eigenvalue weighted by molar-refractivity contribution is 0.601. The van der Waals surface area contributed by atoms with Crippen molar-refractivity contribution >= 4 is 38.2 Å². The van der Waals surface area contributed by atoms with E-state index in [1.165, 1.54) is 12.1 Å². The van der Waals surface area contributed by atoms with E-state index in [-0.39, 0.29) is 4.90 Å². The van der Waals surface area contributed by atoms with Gasteiger partial charge in [-0.25, -0.2) is 13.4 Å². The van der Waals surface area contributed by atoms with Crippen LogP contribution in [0.1, 0.15) is 0 Å². The number of nitrogens with one attached hydrogen (secondary N) is 1. The van der Waals surface area contributed by atoms with E-state index in [1.54, 1.807) is 24.3 Å². The number of rotatable bonds is 4. The summed E-state index contributed by atoms with van der Waals surface area (Å²) in [5.41, 5.74) is 2.70. The van der Waals surface area contributed by atoms with Crippen LogP contribution < -0.4 is 4.72 Å². The average molecular weight is 395 g/mol. The summed E-state index contributed by atoms with van der Waals surface area (Å²) < 4.78 is 28.2. The van der Waals surface area contributed by atoms with Crippen LogP contribution in [0.25, 0.3) is 22.2 Å². The molecule has 1 aromatic heterocycles. The molecule has 27 heavy (non-hydrogen) atoms. The van der Waals surface area contributed by atoms with Gasteiger partial charge in [-0.05, 0) is 36.4 Å². The van der Waals surface area contributed by atoms with Crippen molar-refractivity contribution in [2.24, 2.45) is 0 Å². The van der Waals surface area contributed by atoms with E-state index in [1.807, 2.05) is 48.5 Å². The Morgan fingerprint density at radius 1 is 0.815 bits per heavy atom. The molecule has 6 heteroatoms. The Hall–Kier alpha value is -2.89. The molecule has 0 aliphatic rings. The van der Waals surface area contributed by atoms with Crippen LogP contribution in [0, 0.1) is 0 Å². The van der Waals surface area contributed by atoms with Crippen molar-refractivity contribution in [2.45, 2.75) is 4.90 Å². The van der Waals surface area contributed by atoms with E-state index in [0.717, 1.165) is 10.9 Å². The maximum atomic E-state index is 12.8. The second-order valence-corrected chi connectivity index (χ2v) is 8.12. The molecule has 0 fully saturated rings. The summed E-state index contributed by atoms with van der Waals surface area (Å²) in [5, 5.41) is 1.39. The molecule has 0 amide bonds. The molecule has 4 aromatic rings. The highest BCUT2D eigenvalue weighted by Crippen LogP contribution is 2.30. The summed E-state index contributed by atoms with van der Waals surface area (Å²) in [7, 11) is -3.77. The van der Waals surface area contributed by atoms with E-state index < -0.39 is 10.0 Å². The average Bonchev–Trinajstić information content (AvgIpc) is 2.68. The van der Waals surface area contributed by atoms with Gasteiger partial charge in [0, 0.05) is 16.0 Å². The van der Waals surface area contributed by atoms with Crippen LogP contribution in [0.4, 0.5) is 5.69 Å². The highest BCUT2D eigenvalue weighted by molar-refractivity contribution is 7.92. The Bertz CT molecular complexity index is 1240. The van der Waals surface area contributed by atoms with Gasteiger partial charge in [0.1, 0.15) is 0 Å². The van der Waals surface area contributed by atoms with Crippen molar-refractivity contribution in [1.29, 1.82) is 0 Å². The van der Waals surface area contributed by atoms with Crippen LogP contribution in [0.3, 0.4) is 0 Å². The van der Waals surface area contributed by atoms with Crippen LogP contribution in [-0.2, 0) is 10.0 Å². The van der Waals surface area contributed by atoms with E-state index in [2.05, 4.69) is 9.71 Å². The molecule has 4 nitrogen and oxygen atoms in total. The molecule has 0 saturated heterocycles. The number of halogens is 1. The number of aromatic nitrogens is 1. The van der Waals surface area contributed by atoms with Crippen LogP contribution in [0.15, 0.2) is 89.8 Å². The first kappa shape index (κ1) is 17.5. The van der Waals surface area contributed by atoms with Crippen LogP contribution in [-0.4, -0.2) is 13.4 Å². The van der Waals surface area contributed by atoms with Crippen LogP contribution in [0.5, 0.6) is 0 Å². The number of sulfonamides is 1. The fraction of sp³-hybridized carbons (Fsp3) is 0. The Labute approximate surface area is 162 Å². The minimum absolute atomic E-state index is 0.108. The zero-order valence-corrected chi connectivity index (χ0v) is 15.7. The molecule has 0 aliphatic heterocycles. The highest BCUT2D eigenvalue weighted by atomic mass is 35.5. The van der Waals surface area contributed by atoms with Gasteiger partial charge in [0.25, 0.3) is 10.0 Å². The van der Waals surface area contributed by atoms with E-state index in [0.29, 0.717) is 22.0 Å². The fourth-order valence-corrected chi connectivity index (χ4v) is 4.23. The lowest BCUT2D eigenvalue weighted by atomic mass is 10.1. The normalized spacial score (nSPS) is 11.4. The molecule has 0 radical (unpaired) electrons. The van der Waals surface area contributed by atoms with E-state index in [9.17, 15) is 8.42 Å². The first-order valence-corrected chi connectivity index (χ1v) is 10.1. The van der Waals surface area contributed by atoms with Gasteiger partial charge in [0.15, 0.2) is 0 Å². The minimum atomic E-state index is -3.77. The van der Waals surface area contributed by atoms with Gasteiger partial charge < -0.3 is 0 Å². The minimum Gasteiger partial charge on any atom is -0.279 e. The standard InChI is InChI=1S/C21H15ClN2O2S/c22-16-7-5-8-17(14-16)27(25,26)24-21-11-4-2-9-18(21)20-13-12-15-6-1-3-10-19(15)23-20/h1-14,24H. The number of nitrogens with zero attached hydrogens (tertiary/aromatic N) is 1. The quantitative estimate of drug-likeness (QED) is 0.507. The Morgan fingerprint density at radius 2 is 1.59 bits per heavy atom. The lowest BCUT2D eigenvalue weighted by Crippen LogP contribution is -2.13. The summed E-state index contributed by atoms with van der Waals surface area (Å²) >= 11 is 5.93. The SMILES string of the molecule is O=S(=O)(Nc1ccccc1-c1ccc2ccccc2n1)c1cccc(Cl)c1. The Morgan fingerprint density at radius 3 is 2.44 bits per heavy atom. The number of fused-ring (bicyclic) bond motifs is 1. The van der Waals surface area contributed by atoms with Gasteiger partial charge in [0.05, 0.1) is 21.8 Å². The molecule has 3 aromatic carbocycles. The smallest absolute Gasteiger partial charge is 0.261 e. The first-order chi connectivity index (χ1) is 13.0. The van der Waals surface area contributed by atoms with Crippen molar-refractivity contribution in [2.75, 3.05) is 4.72 Å². The predicted molar refractivity (Wildman–Crippen MR) is 109 cm³/mol. The molecular weight excluding hydrogens is 380 g/mol. The van der Waals surface area contributed by atoms with Crippen LogP contribution in [0.2, 0.25) is 5.02 Å². The molecule has 0 spiro atoms. The molecule has 0 bridgehead atoms. The molecule has 0 unspecified atom stereocenters. The summed E-state index contributed by atoms with van der Waals surface area (Å²) in [6, 6.07) is 25.0. The fourth-order valence-electron chi connectivity index (χ4n) is 2.85. The molecule has 4 rings (SSSR count). The van der Waals surface area contributed by atoms with Gasteiger partial charge in [0.2, 0.25) is 0 Å². The molecular formula is C21H15ClN2O2S. The first-order valence-electron chi connectivity index (χ1n) is 8.26. The molecule has 0 aliphatic carbocycles. The third kappa shape index (κ3) is 3.65. The van der Waals surface area contributed by atoms with E-state index >= 15 is 0 Å². The van der Waals surface area contributed by atoms with E-state index in [4.69, 9.17) is 11.6 Å². The number of benzene rings is 3. The third-order valence-electron chi connectivity index (χ3n) is 4.15. The van der Waals surface area contributed by atoms with Crippen molar-refractivity contribution in [3.8, 4) is 11.3 Å². The summed E-state index contributed by atoms with van der Waals surface area (Å²) in [5.74, 6) is 0. The summed E-state index contributed by atoms with van der Waals surface area (Å²) in [6.45, 7) is 0. The van der Waals surface area contributed by atoms with Gasteiger partial charge in [-0.2, -0.15) is 0 Å². The Kier molecular flexibility index (Phi) is 4.56. The topological polar surface area (TPSA) is 59.1 Å². The number of anilines is 1. The monoisotopic (exact) mass is 394 g/mol. The highest BCUT2D eigenvalue weighted by Gasteiger charge is 2.17. The van der Waals surface area contributed by atoms with Gasteiger partial charge in [-0.3, -0.25) is 4.72 Å². The zero-order valence-electron chi connectivity index (χ0n) is 14.1. The molecule has 0 saturated carbocycles. The maximum Gasteiger partial charge on any atom is 0.261 e. The largest absolute Gasteiger partial charge is 0.279 e. The van der Waals surface area contributed by atoms with Crippen molar-refractivity contribution in [3.63, 3.8) is 0 Å². The number of para-hydroxylation sites is 2. The number of pyridine rings is 1. The molecule has 1 heterocycles. The third-order valence-corrected chi connectivity index (χ3v) is 5.75. The summed E-state index contributed by atoms with van der Waals surface area (Å²) in [6.07, 6.45) is 0. The van der Waals surface area contributed by atoms with Crippen molar-refractivity contribution < 1.29 is 8.42 Å². The molecule has 1 N–H and O–H groups in total. The number of hydrogen-bond acceptors (Lipinski definition) is 3. The zero-order chi connectivity index (χ0) is 18.9. The van der Waals surface area contributed by atoms with Crippen molar-refractivity contribution in [1.82, 2.24) is 4.98 Å². The maximum absolute atomic E-state index is 12.8. The van der Waals surface area contributed by atoms with Gasteiger partial charge >= 0.3 is 0 Å². The molecule has 134 valence electrons. The van der Waals surface area contributed by atoms with Crippen molar-refractivity contribution in [3.05, 3.63) is 90.0 Å². The molecule has 0 atom stereocenters. The van der Waals surface area contributed by atoms with Gasteiger partial charge in [-0.1, -0.05) is 60.1 Å². The van der Waals surface area contributed by atoms with Gasteiger partial charge in [-0.15, -0.1) is 0 Å². The van der Waals surface area contributed by atoms with Crippen LogP contribution >= 0.6 is 11.6 Å². The lowest BCUT2D eigenvalue weighted by Gasteiger charge is -2.13. The number of hydrogen-bond donors (Lipinski definition) is 1. The predicted octanol–water partition coefficient (Wildman–Crippen LogP) is 5.36. The Balaban J connectivity index is 1.77. The second-order valence-electron chi connectivity index (χ2n) is 6.00. The second kappa shape index (κ2) is 7.02. The summed E-state index contributed by atoms with van der Waals surface area (Å²) in [4.78, 5) is 4.77.